The van der Waals surface area contributed by atoms with Crippen LogP contribution in [0.1, 0.15) is 11.6 Å². The lowest BCUT2D eigenvalue weighted by atomic mass is 10.1. The third-order valence-corrected chi connectivity index (χ3v) is 2.04. The molecule has 1 aromatic rings. The first-order chi connectivity index (χ1) is 6.25. The van der Waals surface area contributed by atoms with Gasteiger partial charge in [-0.1, -0.05) is 12.1 Å². The Bertz CT molecular complexity index is 323. The summed E-state index contributed by atoms with van der Waals surface area (Å²) in [5, 5.41) is 5.36. The lowest BCUT2D eigenvalue weighted by Gasteiger charge is -2.07. The first kappa shape index (κ1) is 8.04. The van der Waals surface area contributed by atoms with Gasteiger partial charge in [0.05, 0.1) is 6.04 Å². The number of nitrogens with one attached hydrogen (secondary N) is 2. The van der Waals surface area contributed by atoms with Gasteiger partial charge < -0.3 is 10.6 Å². The molecule has 0 bridgehead atoms. The van der Waals surface area contributed by atoms with Crippen molar-refractivity contribution in [3.05, 3.63) is 35.6 Å². The number of halogens is 1. The minimum atomic E-state index is -0.263. The quantitative estimate of drug-likeness (QED) is 0.669. The lowest BCUT2D eigenvalue weighted by Crippen LogP contribution is -2.21. The number of hydrogen-bond donors (Lipinski definition) is 2. The smallest absolute Gasteiger partial charge is 0.315 e. The Morgan fingerprint density at radius 2 is 2.00 bits per heavy atom. The van der Waals surface area contributed by atoms with Gasteiger partial charge in [-0.05, 0) is 17.7 Å². The second kappa shape index (κ2) is 3.05. The zero-order valence-electron chi connectivity index (χ0n) is 6.88. The van der Waals surface area contributed by atoms with Crippen molar-refractivity contribution in [2.45, 2.75) is 6.04 Å². The van der Waals surface area contributed by atoms with E-state index in [9.17, 15) is 9.18 Å². The van der Waals surface area contributed by atoms with E-state index in [0.717, 1.165) is 5.56 Å². The van der Waals surface area contributed by atoms with E-state index in [1.165, 1.54) is 12.1 Å². The summed E-state index contributed by atoms with van der Waals surface area (Å²) in [4.78, 5) is 10.8. The van der Waals surface area contributed by atoms with Crippen LogP contribution in [0.4, 0.5) is 9.18 Å². The van der Waals surface area contributed by atoms with Crippen molar-refractivity contribution < 1.29 is 9.18 Å². The van der Waals surface area contributed by atoms with Crippen molar-refractivity contribution >= 4 is 6.03 Å². The zero-order valence-corrected chi connectivity index (χ0v) is 6.88. The fourth-order valence-electron chi connectivity index (χ4n) is 1.35. The molecule has 1 aliphatic heterocycles. The fourth-order valence-corrected chi connectivity index (χ4v) is 1.35. The summed E-state index contributed by atoms with van der Waals surface area (Å²) in [5.74, 6) is -0.263. The predicted molar refractivity (Wildman–Crippen MR) is 45.7 cm³/mol. The molecule has 68 valence electrons. The molecule has 3 nitrogen and oxygen atoms in total. The lowest BCUT2D eigenvalue weighted by molar-refractivity contribution is 0.247. The Kier molecular flexibility index (Phi) is 1.88. The van der Waals surface area contributed by atoms with Crippen LogP contribution in [0, 0.1) is 5.82 Å². The molecule has 2 N–H and O–H groups in total. The molecule has 1 aliphatic rings. The van der Waals surface area contributed by atoms with Gasteiger partial charge in [-0.25, -0.2) is 9.18 Å². The Morgan fingerprint density at radius 1 is 1.31 bits per heavy atom. The standard InChI is InChI=1S/C9H9FN2O/c10-7-3-1-6(2-4-7)8-5-11-9(13)12-8/h1-4,8H,5H2,(H2,11,12,13)/t8-/m0/s1. The molecule has 0 aliphatic carbocycles. The molecule has 1 saturated heterocycles. The van der Waals surface area contributed by atoms with Crippen molar-refractivity contribution in [2.24, 2.45) is 0 Å². The summed E-state index contributed by atoms with van der Waals surface area (Å²) in [5.41, 5.74) is 0.916. The normalized spacial score (nSPS) is 21.0. The molecule has 2 amide bonds. The minimum absolute atomic E-state index is 0.0342. The van der Waals surface area contributed by atoms with E-state index < -0.39 is 0 Å². The van der Waals surface area contributed by atoms with Gasteiger partial charge in [-0.15, -0.1) is 0 Å². The largest absolute Gasteiger partial charge is 0.336 e. The van der Waals surface area contributed by atoms with Crippen LogP contribution >= 0.6 is 0 Å². The monoisotopic (exact) mass is 180 g/mol. The van der Waals surface area contributed by atoms with Crippen molar-refractivity contribution in [3.8, 4) is 0 Å². The van der Waals surface area contributed by atoms with E-state index >= 15 is 0 Å². The fraction of sp³-hybridized carbons (Fsp3) is 0.222. The summed E-state index contributed by atoms with van der Waals surface area (Å²) in [6.07, 6.45) is 0. The molecule has 0 saturated carbocycles. The van der Waals surface area contributed by atoms with Gasteiger partial charge in [0.1, 0.15) is 5.82 Å². The second-order valence-corrected chi connectivity index (χ2v) is 2.96. The summed E-state index contributed by atoms with van der Waals surface area (Å²) in [6.45, 7) is 0.560. The molecule has 0 radical (unpaired) electrons. The summed E-state index contributed by atoms with van der Waals surface area (Å²) in [7, 11) is 0. The van der Waals surface area contributed by atoms with Crippen LogP contribution in [0.25, 0.3) is 0 Å². The molecule has 13 heavy (non-hydrogen) atoms. The van der Waals surface area contributed by atoms with Crippen molar-refractivity contribution in [2.75, 3.05) is 6.54 Å². The van der Waals surface area contributed by atoms with Crippen LogP contribution < -0.4 is 10.6 Å². The van der Waals surface area contributed by atoms with Crippen LogP contribution in [-0.4, -0.2) is 12.6 Å². The van der Waals surface area contributed by atoms with Gasteiger partial charge >= 0.3 is 6.03 Å². The SMILES string of the molecule is O=C1NC[C@@H](c2ccc(F)cc2)N1. The average molecular weight is 180 g/mol. The van der Waals surface area contributed by atoms with E-state index in [0.29, 0.717) is 6.54 Å². The number of benzene rings is 1. The van der Waals surface area contributed by atoms with Crippen molar-refractivity contribution in [1.82, 2.24) is 10.6 Å². The molecule has 0 unspecified atom stereocenters. The number of urea groups is 1. The molecule has 1 aromatic carbocycles. The summed E-state index contributed by atoms with van der Waals surface area (Å²) >= 11 is 0. The van der Waals surface area contributed by atoms with Crippen molar-refractivity contribution in [3.63, 3.8) is 0 Å². The minimum Gasteiger partial charge on any atom is -0.336 e. The van der Waals surface area contributed by atoms with Gasteiger partial charge in [-0.3, -0.25) is 0 Å². The van der Waals surface area contributed by atoms with Gasteiger partial charge in [-0.2, -0.15) is 0 Å². The molecule has 0 spiro atoms. The number of carbonyl (C=O) groups excluding carboxylic acids is 1. The highest BCUT2D eigenvalue weighted by Gasteiger charge is 2.20. The molecular weight excluding hydrogens is 171 g/mol. The van der Waals surface area contributed by atoms with Gasteiger partial charge in [0.2, 0.25) is 0 Å². The van der Waals surface area contributed by atoms with Gasteiger partial charge in [0.25, 0.3) is 0 Å². The highest BCUT2D eigenvalue weighted by molar-refractivity contribution is 5.76. The molecule has 1 fully saturated rings. The Labute approximate surface area is 74.9 Å². The number of carbonyl (C=O) groups is 1. The third kappa shape index (κ3) is 1.61. The zero-order chi connectivity index (χ0) is 9.26. The Balaban J connectivity index is 2.17. The first-order valence-electron chi connectivity index (χ1n) is 4.05. The van der Waals surface area contributed by atoms with E-state index in [2.05, 4.69) is 10.6 Å². The van der Waals surface area contributed by atoms with Crippen LogP contribution in [0.3, 0.4) is 0 Å². The van der Waals surface area contributed by atoms with E-state index in [4.69, 9.17) is 0 Å². The highest BCUT2D eigenvalue weighted by Crippen LogP contribution is 2.15. The van der Waals surface area contributed by atoms with Crippen LogP contribution in [0.15, 0.2) is 24.3 Å². The van der Waals surface area contributed by atoms with E-state index in [-0.39, 0.29) is 17.9 Å². The third-order valence-electron chi connectivity index (χ3n) is 2.04. The molecule has 4 heteroatoms. The average Bonchev–Trinajstić information content (AvgIpc) is 2.53. The summed E-state index contributed by atoms with van der Waals surface area (Å²) < 4.78 is 12.5. The highest BCUT2D eigenvalue weighted by atomic mass is 19.1. The van der Waals surface area contributed by atoms with Crippen LogP contribution in [0.2, 0.25) is 0 Å². The van der Waals surface area contributed by atoms with Crippen molar-refractivity contribution in [1.29, 1.82) is 0 Å². The first-order valence-corrected chi connectivity index (χ1v) is 4.05. The molecule has 1 atom stereocenters. The maximum atomic E-state index is 12.5. The topological polar surface area (TPSA) is 41.1 Å². The van der Waals surface area contributed by atoms with Crippen LogP contribution in [-0.2, 0) is 0 Å². The molecule has 1 heterocycles. The molecule has 0 aromatic heterocycles. The molecular formula is C9H9FN2O. The van der Waals surface area contributed by atoms with Gasteiger partial charge in [0.15, 0.2) is 0 Å². The van der Waals surface area contributed by atoms with E-state index in [1.54, 1.807) is 12.1 Å². The molecule has 2 rings (SSSR count). The number of hydrogen-bond acceptors (Lipinski definition) is 1. The van der Waals surface area contributed by atoms with Gasteiger partial charge in [0, 0.05) is 6.54 Å². The maximum Gasteiger partial charge on any atom is 0.315 e. The second-order valence-electron chi connectivity index (χ2n) is 2.96. The summed E-state index contributed by atoms with van der Waals surface area (Å²) in [6, 6.07) is 5.92. The number of rotatable bonds is 1. The van der Waals surface area contributed by atoms with Crippen LogP contribution in [0.5, 0.6) is 0 Å². The Morgan fingerprint density at radius 3 is 2.54 bits per heavy atom. The predicted octanol–water partition coefficient (Wildman–Crippen LogP) is 1.18. The van der Waals surface area contributed by atoms with E-state index in [1.807, 2.05) is 0 Å². The Hall–Kier alpha value is -1.58. The number of amides is 2. The maximum absolute atomic E-state index is 12.5.